The second-order valence-corrected chi connectivity index (χ2v) is 6.66. The van der Waals surface area contributed by atoms with Gasteiger partial charge in [-0.1, -0.05) is 23.2 Å². The van der Waals surface area contributed by atoms with Crippen LogP contribution >= 0.6 is 23.2 Å². The highest BCUT2D eigenvalue weighted by atomic mass is 35.5. The summed E-state index contributed by atoms with van der Waals surface area (Å²) in [4.78, 5) is 0. The van der Waals surface area contributed by atoms with Gasteiger partial charge in [0.25, 0.3) is 0 Å². The normalized spacial score (nSPS) is 10.7. The van der Waals surface area contributed by atoms with Crippen LogP contribution in [0.3, 0.4) is 0 Å². The molecule has 2 nitrogen and oxygen atoms in total. The minimum Gasteiger partial charge on any atom is -0.493 e. The van der Waals surface area contributed by atoms with Crippen LogP contribution in [0.4, 0.5) is 0 Å². The highest BCUT2D eigenvalue weighted by Crippen LogP contribution is 2.28. The Balaban J connectivity index is 1.85. The van der Waals surface area contributed by atoms with Crippen molar-refractivity contribution in [1.29, 1.82) is 0 Å². The van der Waals surface area contributed by atoms with Crippen LogP contribution in [0.5, 0.6) is 11.5 Å². The van der Waals surface area contributed by atoms with E-state index in [4.69, 9.17) is 32.7 Å². The zero-order chi connectivity index (χ0) is 17.0. The molecule has 0 spiro atoms. The first-order valence-electron chi connectivity index (χ1n) is 7.67. The minimum atomic E-state index is 0.606. The Kier molecular flexibility index (Phi) is 6.20. The monoisotopic (exact) mass is 352 g/mol. The molecule has 23 heavy (non-hydrogen) atoms. The van der Waals surface area contributed by atoms with Gasteiger partial charge in [-0.25, -0.2) is 0 Å². The summed E-state index contributed by atoms with van der Waals surface area (Å²) in [6.07, 6.45) is 0.809. The maximum Gasteiger partial charge on any atom is 0.125 e. The Morgan fingerprint density at radius 2 is 0.957 bits per heavy atom. The molecule has 0 bridgehead atoms. The molecule has 0 radical (unpaired) electrons. The van der Waals surface area contributed by atoms with Gasteiger partial charge < -0.3 is 9.47 Å². The van der Waals surface area contributed by atoms with Crippen LogP contribution in [-0.4, -0.2) is 13.2 Å². The number of rotatable bonds is 6. The van der Waals surface area contributed by atoms with Crippen molar-refractivity contribution in [2.24, 2.45) is 0 Å². The lowest BCUT2D eigenvalue weighted by atomic mass is 10.1. The Bertz CT molecular complexity index is 590. The second-order valence-electron chi connectivity index (χ2n) is 5.79. The third-order valence-corrected chi connectivity index (χ3v) is 4.07. The van der Waals surface area contributed by atoms with E-state index in [0.29, 0.717) is 13.2 Å². The predicted molar refractivity (Wildman–Crippen MR) is 97.5 cm³/mol. The smallest absolute Gasteiger partial charge is 0.125 e. The maximum absolute atomic E-state index is 6.03. The van der Waals surface area contributed by atoms with Gasteiger partial charge in [-0.15, -0.1) is 0 Å². The maximum atomic E-state index is 6.03. The third-order valence-electron chi connectivity index (χ3n) is 3.63. The number of halogens is 2. The quantitative estimate of drug-likeness (QED) is 0.587. The van der Waals surface area contributed by atoms with Crippen LogP contribution in [0, 0.1) is 27.7 Å². The Labute approximate surface area is 148 Å². The first-order valence-corrected chi connectivity index (χ1v) is 8.43. The van der Waals surface area contributed by atoms with Gasteiger partial charge in [0, 0.05) is 16.5 Å². The van der Waals surface area contributed by atoms with Crippen molar-refractivity contribution in [3.63, 3.8) is 0 Å². The molecule has 2 aromatic carbocycles. The second kappa shape index (κ2) is 7.94. The lowest BCUT2D eigenvalue weighted by Crippen LogP contribution is -2.07. The van der Waals surface area contributed by atoms with Crippen molar-refractivity contribution in [1.82, 2.24) is 0 Å². The van der Waals surface area contributed by atoms with E-state index >= 15 is 0 Å². The minimum absolute atomic E-state index is 0.606. The van der Waals surface area contributed by atoms with Crippen LogP contribution in [0.1, 0.15) is 28.7 Å². The summed E-state index contributed by atoms with van der Waals surface area (Å²) in [7, 11) is 0. The molecule has 2 rings (SSSR count). The van der Waals surface area contributed by atoms with Crippen LogP contribution in [0.25, 0.3) is 0 Å². The van der Waals surface area contributed by atoms with Gasteiger partial charge in [-0.2, -0.15) is 0 Å². The van der Waals surface area contributed by atoms with Crippen molar-refractivity contribution < 1.29 is 9.47 Å². The van der Waals surface area contributed by atoms with E-state index in [2.05, 4.69) is 0 Å². The molecule has 0 N–H and O–H groups in total. The van der Waals surface area contributed by atoms with Gasteiger partial charge in [-0.3, -0.25) is 0 Å². The lowest BCUT2D eigenvalue weighted by Gasteiger charge is -2.14. The highest BCUT2D eigenvalue weighted by Gasteiger charge is 2.07. The number of aryl methyl sites for hydroxylation is 4. The van der Waals surface area contributed by atoms with Crippen molar-refractivity contribution in [2.45, 2.75) is 34.1 Å². The molecule has 0 aromatic heterocycles. The summed E-state index contributed by atoms with van der Waals surface area (Å²) in [5.74, 6) is 1.82. The Morgan fingerprint density at radius 1 is 0.652 bits per heavy atom. The zero-order valence-electron chi connectivity index (χ0n) is 14.0. The van der Waals surface area contributed by atoms with E-state index in [1.54, 1.807) is 0 Å². The number of hydrogen-bond donors (Lipinski definition) is 0. The highest BCUT2D eigenvalue weighted by molar-refractivity contribution is 6.31. The van der Waals surface area contributed by atoms with E-state index in [1.807, 2.05) is 52.0 Å². The Morgan fingerprint density at radius 3 is 1.26 bits per heavy atom. The molecule has 124 valence electrons. The van der Waals surface area contributed by atoms with Crippen LogP contribution in [0.15, 0.2) is 24.3 Å². The molecular formula is C19H22Cl2O2. The van der Waals surface area contributed by atoms with Crippen LogP contribution in [-0.2, 0) is 0 Å². The SMILES string of the molecule is Cc1cc(Cl)cc(C)c1OCCCOc1c(C)cc(Cl)cc1C. The first kappa shape index (κ1) is 18.0. The predicted octanol–water partition coefficient (Wildman–Crippen LogP) is 6.07. The van der Waals surface area contributed by atoms with E-state index in [-0.39, 0.29) is 0 Å². The molecule has 0 aliphatic rings. The van der Waals surface area contributed by atoms with Crippen molar-refractivity contribution in [2.75, 3.05) is 13.2 Å². The standard InChI is InChI=1S/C19H22Cl2O2/c1-12-8-16(20)9-13(2)18(12)22-6-5-7-23-19-14(3)10-17(21)11-15(19)4/h8-11H,5-7H2,1-4H3. The van der Waals surface area contributed by atoms with E-state index in [0.717, 1.165) is 50.2 Å². The summed E-state index contributed by atoms with van der Waals surface area (Å²) in [5.41, 5.74) is 4.22. The van der Waals surface area contributed by atoms with Crippen molar-refractivity contribution in [3.05, 3.63) is 56.6 Å². The summed E-state index contributed by atoms with van der Waals surface area (Å²) in [6.45, 7) is 9.23. The van der Waals surface area contributed by atoms with E-state index in [9.17, 15) is 0 Å². The van der Waals surface area contributed by atoms with Crippen molar-refractivity contribution in [3.8, 4) is 11.5 Å². The van der Waals surface area contributed by atoms with Gasteiger partial charge in [0.15, 0.2) is 0 Å². The van der Waals surface area contributed by atoms with Gasteiger partial charge in [-0.05, 0) is 74.2 Å². The number of ether oxygens (including phenoxy) is 2. The zero-order valence-corrected chi connectivity index (χ0v) is 15.5. The van der Waals surface area contributed by atoms with Crippen LogP contribution < -0.4 is 9.47 Å². The molecule has 4 heteroatoms. The average molecular weight is 353 g/mol. The fourth-order valence-electron chi connectivity index (χ4n) is 2.66. The lowest BCUT2D eigenvalue weighted by molar-refractivity contribution is 0.244. The largest absolute Gasteiger partial charge is 0.493 e. The van der Waals surface area contributed by atoms with Crippen molar-refractivity contribution >= 4 is 23.2 Å². The molecule has 0 saturated heterocycles. The average Bonchev–Trinajstić information content (AvgIpc) is 2.42. The molecule has 0 fully saturated rings. The van der Waals surface area contributed by atoms with Gasteiger partial charge >= 0.3 is 0 Å². The summed E-state index contributed by atoms with van der Waals surface area (Å²) in [6, 6.07) is 7.67. The molecule has 0 aliphatic carbocycles. The first-order chi connectivity index (χ1) is 10.9. The molecule has 0 unspecified atom stereocenters. The molecule has 0 heterocycles. The van der Waals surface area contributed by atoms with Crippen LogP contribution in [0.2, 0.25) is 10.0 Å². The third kappa shape index (κ3) is 4.79. The summed E-state index contributed by atoms with van der Waals surface area (Å²) >= 11 is 12.1. The molecule has 0 aliphatic heterocycles. The fourth-order valence-corrected chi connectivity index (χ4v) is 3.31. The molecule has 0 saturated carbocycles. The number of benzene rings is 2. The Hall–Kier alpha value is -1.38. The topological polar surface area (TPSA) is 18.5 Å². The van der Waals surface area contributed by atoms with Gasteiger partial charge in [0.2, 0.25) is 0 Å². The van der Waals surface area contributed by atoms with E-state index < -0.39 is 0 Å². The molecule has 2 aromatic rings. The fraction of sp³-hybridized carbons (Fsp3) is 0.368. The van der Waals surface area contributed by atoms with Gasteiger partial charge in [0.05, 0.1) is 13.2 Å². The number of hydrogen-bond acceptors (Lipinski definition) is 2. The molecular weight excluding hydrogens is 331 g/mol. The molecule has 0 amide bonds. The summed E-state index contributed by atoms with van der Waals surface area (Å²) in [5, 5.41) is 1.48. The summed E-state index contributed by atoms with van der Waals surface area (Å²) < 4.78 is 11.8. The molecule has 0 atom stereocenters. The van der Waals surface area contributed by atoms with Gasteiger partial charge in [0.1, 0.15) is 11.5 Å². The van der Waals surface area contributed by atoms with E-state index in [1.165, 1.54) is 0 Å².